The number of hydrogen-bond acceptors (Lipinski definition) is 4. The molecule has 0 saturated carbocycles. The van der Waals surface area contributed by atoms with E-state index in [0.29, 0.717) is 6.54 Å². The summed E-state index contributed by atoms with van der Waals surface area (Å²) in [7, 11) is 0. The summed E-state index contributed by atoms with van der Waals surface area (Å²) < 4.78 is 1.33. The molecule has 0 bridgehead atoms. The van der Waals surface area contributed by atoms with E-state index < -0.39 is 5.97 Å². The lowest BCUT2D eigenvalue weighted by atomic mass is 10.4. The van der Waals surface area contributed by atoms with Crippen LogP contribution in [0.3, 0.4) is 0 Å². The fourth-order valence-electron chi connectivity index (χ4n) is 1.51. The van der Waals surface area contributed by atoms with E-state index in [1.54, 1.807) is 6.20 Å². The molecule has 1 aromatic rings. The largest absolute Gasteiger partial charge is 0.480 e. The van der Waals surface area contributed by atoms with Gasteiger partial charge in [-0.25, -0.2) is 4.68 Å². The van der Waals surface area contributed by atoms with Gasteiger partial charge in [0.2, 0.25) is 0 Å². The fraction of sp³-hybridized carbons (Fsp3) is 0.444. The highest BCUT2D eigenvalue weighted by molar-refractivity contribution is 5.66. The third kappa shape index (κ3) is 2.63. The molecule has 0 aliphatic carbocycles. The van der Waals surface area contributed by atoms with Crippen LogP contribution in [0.15, 0.2) is 18.3 Å². The average Bonchev–Trinajstić information content (AvgIpc) is 2.77. The van der Waals surface area contributed by atoms with Crippen LogP contribution < -0.4 is 0 Å². The Morgan fingerprint density at radius 1 is 1.47 bits per heavy atom. The van der Waals surface area contributed by atoms with Crippen LogP contribution in [0.5, 0.6) is 0 Å². The monoisotopic (exact) mass is 208 g/mol. The fourth-order valence-corrected chi connectivity index (χ4v) is 1.51. The molecule has 6 heteroatoms. The van der Waals surface area contributed by atoms with Gasteiger partial charge in [-0.1, -0.05) is 17.4 Å². The van der Waals surface area contributed by atoms with E-state index in [0.717, 1.165) is 18.8 Å². The quantitative estimate of drug-likeness (QED) is 0.690. The van der Waals surface area contributed by atoms with Crippen LogP contribution in [-0.2, 0) is 17.9 Å². The Labute approximate surface area is 86.8 Å². The lowest BCUT2D eigenvalue weighted by Crippen LogP contribution is -2.19. The third-order valence-electron chi connectivity index (χ3n) is 2.16. The number of rotatable bonds is 4. The van der Waals surface area contributed by atoms with Crippen molar-refractivity contribution in [3.05, 3.63) is 24.0 Å². The van der Waals surface area contributed by atoms with Crippen molar-refractivity contribution in [2.24, 2.45) is 0 Å². The minimum atomic E-state index is -0.908. The molecule has 1 aliphatic rings. The summed E-state index contributed by atoms with van der Waals surface area (Å²) in [4.78, 5) is 12.6. The molecule has 0 atom stereocenters. The molecule has 0 amide bonds. The number of hydrogen-bond donors (Lipinski definition) is 1. The van der Waals surface area contributed by atoms with Gasteiger partial charge in [0.05, 0.1) is 11.9 Å². The maximum Gasteiger partial charge on any atom is 0.325 e. The summed E-state index contributed by atoms with van der Waals surface area (Å²) in [6, 6.07) is 0. The molecule has 15 heavy (non-hydrogen) atoms. The topological polar surface area (TPSA) is 71.2 Å². The first kappa shape index (κ1) is 9.85. The van der Waals surface area contributed by atoms with Gasteiger partial charge in [0.15, 0.2) is 0 Å². The van der Waals surface area contributed by atoms with Crippen molar-refractivity contribution in [2.75, 3.05) is 13.1 Å². The maximum absolute atomic E-state index is 10.4. The molecular formula is C9H12N4O2. The van der Waals surface area contributed by atoms with Gasteiger partial charge in [-0.2, -0.15) is 0 Å². The summed E-state index contributed by atoms with van der Waals surface area (Å²) in [5.41, 5.74) is 0.806. The molecule has 1 aromatic heterocycles. The molecule has 0 unspecified atom stereocenters. The number of nitrogens with zero attached hydrogens (tertiary/aromatic N) is 4. The Hall–Kier alpha value is -1.69. The third-order valence-corrected chi connectivity index (χ3v) is 2.16. The minimum Gasteiger partial charge on any atom is -0.480 e. The molecule has 0 saturated heterocycles. The van der Waals surface area contributed by atoms with Gasteiger partial charge in [0.25, 0.3) is 0 Å². The van der Waals surface area contributed by atoms with Crippen molar-refractivity contribution in [1.29, 1.82) is 0 Å². The van der Waals surface area contributed by atoms with Gasteiger partial charge in [-0.15, -0.1) is 5.10 Å². The standard InChI is InChI=1S/C9H12N4O2/c14-9(15)7-13-6-8(10-11-13)5-12-3-1-2-4-12/h1-2,6H,3-5,7H2,(H,14,15). The minimum absolute atomic E-state index is 0.134. The van der Waals surface area contributed by atoms with E-state index in [9.17, 15) is 4.79 Å². The predicted molar refractivity (Wildman–Crippen MR) is 52.1 cm³/mol. The summed E-state index contributed by atoms with van der Waals surface area (Å²) in [6.45, 7) is 2.43. The number of carboxylic acid groups (broad SMARTS) is 1. The molecule has 0 fully saturated rings. The summed E-state index contributed by atoms with van der Waals surface area (Å²) in [6.07, 6.45) is 5.87. The van der Waals surface area contributed by atoms with Crippen LogP contribution in [0.25, 0.3) is 0 Å². The number of aliphatic carboxylic acids is 1. The molecule has 0 aromatic carbocycles. The van der Waals surface area contributed by atoms with E-state index >= 15 is 0 Å². The Morgan fingerprint density at radius 2 is 2.20 bits per heavy atom. The van der Waals surface area contributed by atoms with E-state index in [1.807, 2.05) is 0 Å². The van der Waals surface area contributed by atoms with E-state index in [2.05, 4.69) is 27.4 Å². The number of carboxylic acids is 1. The molecule has 1 aliphatic heterocycles. The van der Waals surface area contributed by atoms with Gasteiger partial charge in [0, 0.05) is 19.6 Å². The van der Waals surface area contributed by atoms with Gasteiger partial charge in [-0.3, -0.25) is 9.69 Å². The van der Waals surface area contributed by atoms with Gasteiger partial charge in [-0.05, 0) is 0 Å². The van der Waals surface area contributed by atoms with Gasteiger partial charge >= 0.3 is 5.97 Å². The van der Waals surface area contributed by atoms with Crippen LogP contribution in [0.1, 0.15) is 5.69 Å². The normalized spacial score (nSPS) is 16.0. The zero-order chi connectivity index (χ0) is 10.7. The Balaban J connectivity index is 1.91. The van der Waals surface area contributed by atoms with Crippen LogP contribution in [0.4, 0.5) is 0 Å². The van der Waals surface area contributed by atoms with E-state index in [4.69, 9.17) is 5.11 Å². The van der Waals surface area contributed by atoms with E-state index in [1.165, 1.54) is 4.68 Å². The molecule has 80 valence electrons. The molecule has 1 N–H and O–H groups in total. The van der Waals surface area contributed by atoms with Crippen molar-refractivity contribution in [2.45, 2.75) is 13.1 Å². The van der Waals surface area contributed by atoms with Crippen molar-refractivity contribution < 1.29 is 9.90 Å². The molecule has 0 spiro atoms. The second kappa shape index (κ2) is 4.22. The van der Waals surface area contributed by atoms with Crippen molar-refractivity contribution in [3.63, 3.8) is 0 Å². The lowest BCUT2D eigenvalue weighted by Gasteiger charge is -2.11. The van der Waals surface area contributed by atoms with Crippen LogP contribution >= 0.6 is 0 Å². The zero-order valence-corrected chi connectivity index (χ0v) is 8.20. The highest BCUT2D eigenvalue weighted by atomic mass is 16.4. The van der Waals surface area contributed by atoms with Gasteiger partial charge < -0.3 is 5.11 Å². The average molecular weight is 208 g/mol. The second-order valence-electron chi connectivity index (χ2n) is 3.47. The van der Waals surface area contributed by atoms with Crippen molar-refractivity contribution >= 4 is 5.97 Å². The van der Waals surface area contributed by atoms with Crippen LogP contribution in [-0.4, -0.2) is 44.1 Å². The smallest absolute Gasteiger partial charge is 0.325 e. The highest BCUT2D eigenvalue weighted by Gasteiger charge is 2.10. The molecule has 2 rings (SSSR count). The van der Waals surface area contributed by atoms with Crippen LogP contribution in [0, 0.1) is 0 Å². The SMILES string of the molecule is O=C(O)Cn1cc(CN2CC=CC2)nn1. The highest BCUT2D eigenvalue weighted by Crippen LogP contribution is 2.04. The van der Waals surface area contributed by atoms with Crippen LogP contribution in [0.2, 0.25) is 0 Å². The first-order chi connectivity index (χ1) is 7.24. The Bertz CT molecular complexity index is 377. The molecule has 6 nitrogen and oxygen atoms in total. The van der Waals surface area contributed by atoms with Gasteiger partial charge in [0.1, 0.15) is 6.54 Å². The second-order valence-corrected chi connectivity index (χ2v) is 3.47. The lowest BCUT2D eigenvalue weighted by molar-refractivity contribution is -0.137. The van der Waals surface area contributed by atoms with Crippen molar-refractivity contribution in [1.82, 2.24) is 19.9 Å². The first-order valence-electron chi connectivity index (χ1n) is 4.72. The molecule has 0 radical (unpaired) electrons. The first-order valence-corrected chi connectivity index (χ1v) is 4.72. The maximum atomic E-state index is 10.4. The summed E-state index contributed by atoms with van der Waals surface area (Å²) in [5, 5.41) is 16.2. The summed E-state index contributed by atoms with van der Waals surface area (Å²) >= 11 is 0. The Morgan fingerprint density at radius 3 is 2.87 bits per heavy atom. The van der Waals surface area contributed by atoms with Crippen molar-refractivity contribution in [3.8, 4) is 0 Å². The zero-order valence-electron chi connectivity index (χ0n) is 8.20. The van der Waals surface area contributed by atoms with E-state index in [-0.39, 0.29) is 6.54 Å². The number of aromatic nitrogens is 3. The predicted octanol–water partition coefficient (Wildman–Crippen LogP) is -0.266. The number of carbonyl (C=O) groups is 1. The molecular weight excluding hydrogens is 196 g/mol. The summed E-state index contributed by atoms with van der Waals surface area (Å²) in [5.74, 6) is -0.908. The molecule has 2 heterocycles. The Kier molecular flexibility index (Phi) is 2.77.